The number of amides is 1. The van der Waals surface area contributed by atoms with Crippen molar-refractivity contribution in [2.45, 2.75) is 12.0 Å². The lowest BCUT2D eigenvalue weighted by molar-refractivity contribution is -0.119. The highest BCUT2D eigenvalue weighted by Gasteiger charge is 2.35. The zero-order valence-electron chi connectivity index (χ0n) is 6.47. The quantitative estimate of drug-likeness (QED) is 0.739. The standard InChI is InChI=1S/C7H9BrN2OS/c8-3-6(11)10-7(4-9)1-2-12-5-7/h1-3,5H2,(H,10,11). The van der Waals surface area contributed by atoms with Crippen LogP contribution in [0.15, 0.2) is 0 Å². The van der Waals surface area contributed by atoms with Crippen LogP contribution in [0.25, 0.3) is 0 Å². The predicted molar refractivity (Wildman–Crippen MR) is 52.2 cm³/mol. The van der Waals surface area contributed by atoms with Gasteiger partial charge in [-0.15, -0.1) is 0 Å². The van der Waals surface area contributed by atoms with Crippen LogP contribution in [0.1, 0.15) is 6.42 Å². The number of hydrogen-bond acceptors (Lipinski definition) is 3. The third-order valence-electron chi connectivity index (χ3n) is 1.74. The van der Waals surface area contributed by atoms with Gasteiger partial charge in [-0.25, -0.2) is 0 Å². The van der Waals surface area contributed by atoms with Crippen LogP contribution in [-0.4, -0.2) is 28.3 Å². The first kappa shape index (κ1) is 9.87. The average Bonchev–Trinajstić information content (AvgIpc) is 2.54. The summed E-state index contributed by atoms with van der Waals surface area (Å²) >= 11 is 4.75. The molecule has 1 N–H and O–H groups in total. The molecule has 5 heteroatoms. The summed E-state index contributed by atoms with van der Waals surface area (Å²) in [6.07, 6.45) is 0.757. The molecular weight excluding hydrogens is 240 g/mol. The molecule has 1 aliphatic heterocycles. The lowest BCUT2D eigenvalue weighted by Crippen LogP contribution is -2.47. The smallest absolute Gasteiger partial charge is 0.231 e. The number of thioether (sulfide) groups is 1. The van der Waals surface area contributed by atoms with Crippen molar-refractivity contribution in [3.05, 3.63) is 0 Å². The molecule has 1 fully saturated rings. The van der Waals surface area contributed by atoms with E-state index in [1.807, 2.05) is 0 Å². The fourth-order valence-electron chi connectivity index (χ4n) is 1.08. The van der Waals surface area contributed by atoms with Crippen molar-refractivity contribution in [1.82, 2.24) is 5.32 Å². The molecule has 66 valence electrons. The lowest BCUT2D eigenvalue weighted by atomic mass is 10.0. The van der Waals surface area contributed by atoms with Gasteiger partial charge in [0.25, 0.3) is 0 Å². The van der Waals surface area contributed by atoms with Crippen molar-refractivity contribution >= 4 is 33.6 Å². The molecule has 0 saturated carbocycles. The third kappa shape index (κ3) is 2.14. The van der Waals surface area contributed by atoms with Gasteiger partial charge in [0.05, 0.1) is 11.4 Å². The largest absolute Gasteiger partial charge is 0.336 e. The Labute approximate surface area is 84.0 Å². The van der Waals surface area contributed by atoms with Gasteiger partial charge in [-0.2, -0.15) is 17.0 Å². The molecule has 1 saturated heterocycles. The summed E-state index contributed by atoms with van der Waals surface area (Å²) in [6.45, 7) is 0. The van der Waals surface area contributed by atoms with Crippen molar-refractivity contribution in [1.29, 1.82) is 5.26 Å². The van der Waals surface area contributed by atoms with Gasteiger partial charge in [0.15, 0.2) is 0 Å². The highest BCUT2D eigenvalue weighted by molar-refractivity contribution is 9.09. The number of nitrogens with one attached hydrogen (secondary N) is 1. The van der Waals surface area contributed by atoms with E-state index in [0.29, 0.717) is 5.75 Å². The summed E-state index contributed by atoms with van der Waals surface area (Å²) in [7, 11) is 0. The maximum Gasteiger partial charge on any atom is 0.231 e. The summed E-state index contributed by atoms with van der Waals surface area (Å²) in [5.74, 6) is 1.55. The Bertz CT molecular complexity index is 220. The van der Waals surface area contributed by atoms with Gasteiger partial charge in [-0.3, -0.25) is 4.79 Å². The van der Waals surface area contributed by atoms with Gasteiger partial charge in [0.2, 0.25) is 5.91 Å². The molecule has 0 aromatic rings. The summed E-state index contributed by atoms with van der Waals surface area (Å²) in [5.41, 5.74) is -0.602. The first-order valence-corrected chi connectivity index (χ1v) is 5.86. The molecule has 1 atom stereocenters. The molecule has 3 nitrogen and oxygen atoms in total. The summed E-state index contributed by atoms with van der Waals surface area (Å²) in [6, 6.07) is 2.17. The molecule has 0 spiro atoms. The van der Waals surface area contributed by atoms with Gasteiger partial charge in [-0.1, -0.05) is 15.9 Å². The second kappa shape index (κ2) is 4.15. The molecule has 1 heterocycles. The fraction of sp³-hybridized carbons (Fsp3) is 0.714. The van der Waals surface area contributed by atoms with Gasteiger partial charge in [-0.05, 0) is 12.2 Å². The third-order valence-corrected chi connectivity index (χ3v) is 3.43. The lowest BCUT2D eigenvalue weighted by Gasteiger charge is -2.20. The molecule has 0 bridgehead atoms. The number of carbonyl (C=O) groups excluding carboxylic acids is 1. The van der Waals surface area contributed by atoms with E-state index in [0.717, 1.165) is 12.2 Å². The summed E-state index contributed by atoms with van der Waals surface area (Å²) in [5, 5.41) is 11.9. The highest BCUT2D eigenvalue weighted by atomic mass is 79.9. The molecule has 1 amide bonds. The van der Waals surface area contributed by atoms with E-state index in [2.05, 4.69) is 27.3 Å². The number of carbonyl (C=O) groups is 1. The van der Waals surface area contributed by atoms with E-state index in [1.54, 1.807) is 11.8 Å². The van der Waals surface area contributed by atoms with Crippen molar-refractivity contribution in [2.24, 2.45) is 0 Å². The zero-order valence-corrected chi connectivity index (χ0v) is 8.87. The van der Waals surface area contributed by atoms with E-state index in [4.69, 9.17) is 5.26 Å². The zero-order chi connectivity index (χ0) is 9.03. The molecule has 1 aliphatic rings. The van der Waals surface area contributed by atoms with Crippen LogP contribution in [0.5, 0.6) is 0 Å². The minimum Gasteiger partial charge on any atom is -0.336 e. The Balaban J connectivity index is 2.57. The van der Waals surface area contributed by atoms with Crippen LogP contribution in [0.4, 0.5) is 0 Å². The number of nitriles is 1. The monoisotopic (exact) mass is 248 g/mol. The first-order chi connectivity index (χ1) is 5.72. The van der Waals surface area contributed by atoms with E-state index < -0.39 is 5.54 Å². The SMILES string of the molecule is N#CC1(NC(=O)CBr)CCSC1. The number of nitrogens with zero attached hydrogens (tertiary/aromatic N) is 1. The van der Waals surface area contributed by atoms with Gasteiger partial charge in [0.1, 0.15) is 5.54 Å². The van der Waals surface area contributed by atoms with Crippen molar-refractivity contribution < 1.29 is 4.79 Å². The number of alkyl halides is 1. The van der Waals surface area contributed by atoms with Gasteiger partial charge >= 0.3 is 0 Å². The molecule has 0 radical (unpaired) electrons. The summed E-state index contributed by atoms with van der Waals surface area (Å²) < 4.78 is 0. The number of rotatable bonds is 2. The van der Waals surface area contributed by atoms with Crippen LogP contribution in [-0.2, 0) is 4.79 Å². The van der Waals surface area contributed by atoms with Crippen LogP contribution in [0.2, 0.25) is 0 Å². The Morgan fingerprint density at radius 2 is 2.58 bits per heavy atom. The molecule has 1 rings (SSSR count). The maximum atomic E-state index is 11.0. The Hall–Kier alpha value is -0.210. The summed E-state index contributed by atoms with van der Waals surface area (Å²) in [4.78, 5) is 11.0. The fourth-order valence-corrected chi connectivity index (χ4v) is 2.49. The van der Waals surface area contributed by atoms with Crippen LogP contribution in [0.3, 0.4) is 0 Å². The van der Waals surface area contributed by atoms with Gasteiger partial charge in [0, 0.05) is 5.75 Å². The highest BCUT2D eigenvalue weighted by Crippen LogP contribution is 2.27. The normalized spacial score (nSPS) is 28.0. The Morgan fingerprint density at radius 1 is 1.83 bits per heavy atom. The molecule has 0 aromatic carbocycles. The minimum absolute atomic E-state index is 0.112. The molecule has 12 heavy (non-hydrogen) atoms. The Kier molecular flexibility index (Phi) is 3.41. The molecular formula is C7H9BrN2OS. The van der Waals surface area contributed by atoms with Crippen molar-refractivity contribution in [3.63, 3.8) is 0 Å². The first-order valence-electron chi connectivity index (χ1n) is 3.58. The second-order valence-electron chi connectivity index (χ2n) is 2.68. The van der Waals surface area contributed by atoms with Crippen LogP contribution >= 0.6 is 27.7 Å². The van der Waals surface area contributed by atoms with Crippen molar-refractivity contribution in [3.8, 4) is 6.07 Å². The maximum absolute atomic E-state index is 11.0. The minimum atomic E-state index is -0.602. The van der Waals surface area contributed by atoms with E-state index in [-0.39, 0.29) is 11.2 Å². The molecule has 1 unspecified atom stereocenters. The topological polar surface area (TPSA) is 52.9 Å². The molecule has 0 aromatic heterocycles. The van der Waals surface area contributed by atoms with Crippen LogP contribution in [0, 0.1) is 11.3 Å². The van der Waals surface area contributed by atoms with Crippen LogP contribution < -0.4 is 5.32 Å². The van der Waals surface area contributed by atoms with Gasteiger partial charge < -0.3 is 5.32 Å². The molecule has 0 aliphatic carbocycles. The average molecular weight is 249 g/mol. The number of halogens is 1. The van der Waals surface area contributed by atoms with Crippen molar-refractivity contribution in [2.75, 3.05) is 16.8 Å². The van der Waals surface area contributed by atoms with E-state index >= 15 is 0 Å². The van der Waals surface area contributed by atoms with E-state index in [1.165, 1.54) is 0 Å². The Morgan fingerprint density at radius 3 is 3.00 bits per heavy atom. The number of hydrogen-bond donors (Lipinski definition) is 1. The second-order valence-corrected chi connectivity index (χ2v) is 4.34. The van der Waals surface area contributed by atoms with E-state index in [9.17, 15) is 4.79 Å². The predicted octanol–water partition coefficient (Wildman–Crippen LogP) is 0.897.